The van der Waals surface area contributed by atoms with Crippen LogP contribution in [0, 0.1) is 5.82 Å². The number of ether oxygens (including phenoxy) is 2. The zero-order valence-corrected chi connectivity index (χ0v) is 18.3. The third-order valence-electron chi connectivity index (χ3n) is 5.13. The van der Waals surface area contributed by atoms with Crippen LogP contribution in [-0.2, 0) is 4.79 Å². The molecule has 2 heterocycles. The summed E-state index contributed by atoms with van der Waals surface area (Å²) in [6.07, 6.45) is 0. The van der Waals surface area contributed by atoms with Gasteiger partial charge in [-0.15, -0.1) is 0 Å². The van der Waals surface area contributed by atoms with Crippen LogP contribution < -0.4 is 20.3 Å². The van der Waals surface area contributed by atoms with Crippen LogP contribution in [0.4, 0.5) is 10.1 Å². The summed E-state index contributed by atoms with van der Waals surface area (Å²) in [5.41, 5.74) is 0.693. The number of carbonyl (C=O) groups excluding carboxylic acids is 1. The van der Waals surface area contributed by atoms with Gasteiger partial charge in [0.15, 0.2) is 16.7 Å². The Morgan fingerprint density at radius 2 is 1.85 bits per heavy atom. The summed E-state index contributed by atoms with van der Waals surface area (Å²) in [5, 5.41) is 2.78. The van der Waals surface area contributed by atoms with Gasteiger partial charge in [-0.25, -0.2) is 9.37 Å². The van der Waals surface area contributed by atoms with E-state index in [1.807, 2.05) is 0 Å². The highest BCUT2D eigenvalue weighted by Gasteiger charge is 2.22. The Kier molecular flexibility index (Phi) is 5.47. The molecule has 0 bridgehead atoms. The van der Waals surface area contributed by atoms with E-state index in [4.69, 9.17) is 9.47 Å². The molecule has 9 heteroatoms. The van der Waals surface area contributed by atoms with Gasteiger partial charge in [0.05, 0.1) is 21.8 Å². The van der Waals surface area contributed by atoms with E-state index in [2.05, 4.69) is 10.3 Å². The lowest BCUT2D eigenvalue weighted by molar-refractivity contribution is -0.115. The van der Waals surface area contributed by atoms with Gasteiger partial charge >= 0.3 is 0 Å². The Morgan fingerprint density at radius 1 is 1.09 bits per heavy atom. The number of carbonyl (C=O) groups is 1. The first kappa shape index (κ1) is 21.0. The molecule has 1 aliphatic rings. The van der Waals surface area contributed by atoms with Crippen molar-refractivity contribution < 1.29 is 18.7 Å². The van der Waals surface area contributed by atoms with Crippen molar-refractivity contribution in [3.63, 3.8) is 0 Å². The van der Waals surface area contributed by atoms with E-state index >= 15 is 0 Å². The number of thioether (sulfide) groups is 1. The molecule has 0 spiro atoms. The Morgan fingerprint density at radius 3 is 2.70 bits per heavy atom. The Bertz CT molecular complexity index is 1440. The fourth-order valence-corrected chi connectivity index (χ4v) is 4.39. The van der Waals surface area contributed by atoms with E-state index in [-0.39, 0.29) is 23.5 Å². The van der Waals surface area contributed by atoms with Crippen molar-refractivity contribution in [3.05, 3.63) is 82.9 Å². The van der Waals surface area contributed by atoms with Crippen LogP contribution in [0.1, 0.15) is 6.92 Å². The van der Waals surface area contributed by atoms with E-state index < -0.39 is 16.6 Å². The second kappa shape index (κ2) is 8.59. The van der Waals surface area contributed by atoms with Crippen molar-refractivity contribution in [3.8, 4) is 17.2 Å². The molecule has 1 atom stereocenters. The lowest BCUT2D eigenvalue weighted by atomic mass is 10.2. The van der Waals surface area contributed by atoms with E-state index in [1.54, 1.807) is 61.5 Å². The van der Waals surface area contributed by atoms with E-state index in [0.717, 1.165) is 11.8 Å². The highest BCUT2D eigenvalue weighted by molar-refractivity contribution is 8.00. The first-order valence-corrected chi connectivity index (χ1v) is 11.0. The number of amides is 1. The van der Waals surface area contributed by atoms with Crippen molar-refractivity contribution in [2.24, 2.45) is 0 Å². The number of anilines is 1. The molecule has 0 saturated carbocycles. The smallest absolute Gasteiger partial charge is 0.266 e. The third kappa shape index (κ3) is 4.03. The molecule has 166 valence electrons. The number of hydrogen-bond donors (Lipinski definition) is 1. The molecular weight excluding hydrogens is 445 g/mol. The highest BCUT2D eigenvalue weighted by atomic mass is 32.2. The van der Waals surface area contributed by atoms with Gasteiger partial charge in [-0.2, -0.15) is 0 Å². The number of aromatic nitrogens is 2. The number of benzene rings is 3. The fourth-order valence-electron chi connectivity index (χ4n) is 3.47. The molecule has 0 fully saturated rings. The minimum atomic E-state index is -0.637. The van der Waals surface area contributed by atoms with Crippen LogP contribution >= 0.6 is 11.8 Å². The predicted octanol–water partition coefficient (Wildman–Crippen LogP) is 4.37. The van der Waals surface area contributed by atoms with Gasteiger partial charge in [0, 0.05) is 11.8 Å². The number of rotatable bonds is 5. The minimum absolute atomic E-state index is 0.0756. The maximum absolute atomic E-state index is 14.6. The second-order valence-corrected chi connectivity index (χ2v) is 8.63. The average Bonchev–Trinajstić information content (AvgIpc) is 3.28. The van der Waals surface area contributed by atoms with Gasteiger partial charge in [-0.05, 0) is 43.3 Å². The summed E-state index contributed by atoms with van der Waals surface area (Å²) in [5.74, 6) is 0.305. The van der Waals surface area contributed by atoms with Gasteiger partial charge in [0.2, 0.25) is 12.7 Å². The van der Waals surface area contributed by atoms with Crippen LogP contribution in [0.3, 0.4) is 0 Å². The lowest BCUT2D eigenvalue weighted by Gasteiger charge is -2.17. The van der Waals surface area contributed by atoms with Gasteiger partial charge in [-0.3, -0.25) is 14.2 Å². The molecule has 0 aliphatic carbocycles. The summed E-state index contributed by atoms with van der Waals surface area (Å²) in [6.45, 7) is 1.83. The topological polar surface area (TPSA) is 82.5 Å². The van der Waals surface area contributed by atoms with Crippen LogP contribution in [-0.4, -0.2) is 27.5 Å². The first-order chi connectivity index (χ1) is 16.0. The summed E-state index contributed by atoms with van der Waals surface area (Å²) in [6, 6.07) is 17.9. The molecule has 0 unspecified atom stereocenters. The van der Waals surface area contributed by atoms with E-state index in [9.17, 15) is 14.0 Å². The Labute approximate surface area is 192 Å². The largest absolute Gasteiger partial charge is 0.454 e. The molecule has 0 saturated heterocycles. The number of para-hydroxylation sites is 2. The molecule has 4 aromatic rings. The van der Waals surface area contributed by atoms with Crippen LogP contribution in [0.15, 0.2) is 76.7 Å². The van der Waals surface area contributed by atoms with Gasteiger partial charge < -0.3 is 14.8 Å². The molecule has 33 heavy (non-hydrogen) atoms. The quantitative estimate of drug-likeness (QED) is 0.350. The second-order valence-electron chi connectivity index (χ2n) is 7.32. The molecule has 1 amide bonds. The third-order valence-corrected chi connectivity index (χ3v) is 6.18. The normalized spacial score (nSPS) is 13.2. The standard InChI is InChI=1S/C24H18FN3O4S/c1-14(22(29)26-15-10-11-20-21(12-15)32-13-31-20)33-24-27-18-8-4-2-6-16(18)23(30)28(24)19-9-5-3-7-17(19)25/h2-12,14H,13H2,1H3,(H,26,29)/t14-/m1/s1. The number of fused-ring (bicyclic) bond motifs is 2. The van der Waals surface area contributed by atoms with Crippen molar-refractivity contribution >= 4 is 34.3 Å². The van der Waals surface area contributed by atoms with Crippen LogP contribution in [0.2, 0.25) is 0 Å². The van der Waals surface area contributed by atoms with Crippen LogP contribution in [0.25, 0.3) is 16.6 Å². The fraction of sp³-hybridized carbons (Fsp3) is 0.125. The molecule has 3 aromatic carbocycles. The monoisotopic (exact) mass is 463 g/mol. The first-order valence-electron chi connectivity index (χ1n) is 10.1. The lowest BCUT2D eigenvalue weighted by Crippen LogP contribution is -2.26. The maximum atomic E-state index is 14.6. The van der Waals surface area contributed by atoms with Crippen molar-refractivity contribution in [1.82, 2.24) is 9.55 Å². The summed E-state index contributed by atoms with van der Waals surface area (Å²) in [7, 11) is 0. The molecular formula is C24H18FN3O4S. The molecule has 5 rings (SSSR count). The Balaban J connectivity index is 1.49. The average molecular weight is 463 g/mol. The van der Waals surface area contributed by atoms with E-state index in [1.165, 1.54) is 16.7 Å². The summed E-state index contributed by atoms with van der Waals surface area (Å²) < 4.78 is 26.5. The number of nitrogens with zero attached hydrogens (tertiary/aromatic N) is 2. The number of halogens is 1. The SMILES string of the molecule is C[C@@H](Sc1nc2ccccc2c(=O)n1-c1ccccc1F)C(=O)Nc1ccc2c(c1)OCO2. The Hall–Kier alpha value is -3.85. The van der Waals surface area contributed by atoms with Gasteiger partial charge in [0.25, 0.3) is 5.56 Å². The predicted molar refractivity (Wildman–Crippen MR) is 124 cm³/mol. The number of hydrogen-bond acceptors (Lipinski definition) is 6. The van der Waals surface area contributed by atoms with Crippen LogP contribution in [0.5, 0.6) is 11.5 Å². The molecule has 1 N–H and O–H groups in total. The van der Waals surface area contributed by atoms with Gasteiger partial charge in [-0.1, -0.05) is 36.0 Å². The zero-order chi connectivity index (χ0) is 22.9. The summed E-state index contributed by atoms with van der Waals surface area (Å²) >= 11 is 1.07. The van der Waals surface area contributed by atoms with Gasteiger partial charge in [0.1, 0.15) is 5.82 Å². The molecule has 1 aliphatic heterocycles. The molecule has 7 nitrogen and oxygen atoms in total. The minimum Gasteiger partial charge on any atom is -0.454 e. The number of nitrogens with one attached hydrogen (secondary N) is 1. The molecule has 0 radical (unpaired) electrons. The molecule has 1 aromatic heterocycles. The van der Waals surface area contributed by atoms with Crippen molar-refractivity contribution in [1.29, 1.82) is 0 Å². The highest BCUT2D eigenvalue weighted by Crippen LogP contribution is 2.34. The van der Waals surface area contributed by atoms with E-state index in [0.29, 0.717) is 28.1 Å². The zero-order valence-electron chi connectivity index (χ0n) is 17.4. The summed E-state index contributed by atoms with van der Waals surface area (Å²) in [4.78, 5) is 30.7. The maximum Gasteiger partial charge on any atom is 0.266 e. The van der Waals surface area contributed by atoms with Crippen molar-refractivity contribution in [2.75, 3.05) is 12.1 Å². The van der Waals surface area contributed by atoms with Crippen molar-refractivity contribution in [2.45, 2.75) is 17.3 Å².